The molecule has 1 saturated heterocycles. The molecule has 1 unspecified atom stereocenters. The third-order valence-electron chi connectivity index (χ3n) is 5.33. The fourth-order valence-electron chi connectivity index (χ4n) is 3.60. The van der Waals surface area contributed by atoms with Crippen molar-refractivity contribution in [1.82, 2.24) is 9.80 Å². The van der Waals surface area contributed by atoms with E-state index in [-0.39, 0.29) is 38.1 Å². The molecule has 10 nitrogen and oxygen atoms in total. The Kier molecular flexibility index (Phi) is 9.00. The molecule has 188 valence electrons. The minimum atomic E-state index is -1.98. The lowest BCUT2D eigenvalue weighted by molar-refractivity contribution is -0.163. The molecule has 0 saturated carbocycles. The SMILES string of the molecule is C=CCOC(=O)C1(CCC#N)CN(C(=O)OC(C)(C)C)CCN(C(=O)c2ccc(OC)cc2)C1=O. The van der Waals surface area contributed by atoms with Gasteiger partial charge in [0.15, 0.2) is 5.41 Å². The predicted octanol–water partition coefficient (Wildman–Crippen LogP) is 2.93. The molecule has 10 heteroatoms. The van der Waals surface area contributed by atoms with Crippen molar-refractivity contribution in [2.24, 2.45) is 5.41 Å². The van der Waals surface area contributed by atoms with Crippen LogP contribution in [-0.4, -0.2) is 72.6 Å². The largest absolute Gasteiger partial charge is 0.497 e. The first-order valence-electron chi connectivity index (χ1n) is 11.1. The third-order valence-corrected chi connectivity index (χ3v) is 5.33. The predicted molar refractivity (Wildman–Crippen MR) is 125 cm³/mol. The molecule has 1 aliphatic rings. The van der Waals surface area contributed by atoms with E-state index in [2.05, 4.69) is 6.58 Å². The summed E-state index contributed by atoms with van der Waals surface area (Å²) in [5.74, 6) is -1.91. The van der Waals surface area contributed by atoms with E-state index in [9.17, 15) is 24.4 Å². The maximum atomic E-state index is 13.8. The Bertz CT molecular complexity index is 1010. The maximum absolute atomic E-state index is 13.8. The van der Waals surface area contributed by atoms with Gasteiger partial charge in [0, 0.05) is 31.6 Å². The maximum Gasteiger partial charge on any atom is 0.410 e. The van der Waals surface area contributed by atoms with Crippen molar-refractivity contribution in [3.8, 4) is 11.8 Å². The minimum absolute atomic E-state index is 0.0639. The molecule has 0 spiro atoms. The van der Waals surface area contributed by atoms with Crippen LogP contribution < -0.4 is 4.74 Å². The van der Waals surface area contributed by atoms with Gasteiger partial charge in [0.05, 0.1) is 13.2 Å². The molecule has 3 amide bonds. The first kappa shape index (κ1) is 27.4. The average Bonchev–Trinajstić information content (AvgIpc) is 2.97. The molecule has 0 N–H and O–H groups in total. The van der Waals surface area contributed by atoms with Gasteiger partial charge in [0.2, 0.25) is 5.91 Å². The first-order chi connectivity index (χ1) is 16.5. The molecule has 1 aliphatic heterocycles. The van der Waals surface area contributed by atoms with E-state index in [0.717, 1.165) is 4.90 Å². The molecular formula is C25H31N3O7. The Labute approximate surface area is 205 Å². The van der Waals surface area contributed by atoms with E-state index < -0.39 is 41.4 Å². The zero-order valence-electron chi connectivity index (χ0n) is 20.5. The van der Waals surface area contributed by atoms with Gasteiger partial charge in [-0.3, -0.25) is 19.3 Å². The van der Waals surface area contributed by atoms with Gasteiger partial charge in [-0.15, -0.1) is 0 Å². The highest BCUT2D eigenvalue weighted by molar-refractivity contribution is 6.13. The summed E-state index contributed by atoms with van der Waals surface area (Å²) in [6.07, 6.45) is 0.163. The third kappa shape index (κ3) is 6.59. The second kappa shape index (κ2) is 11.5. The van der Waals surface area contributed by atoms with Gasteiger partial charge in [0.1, 0.15) is 18.0 Å². The van der Waals surface area contributed by atoms with E-state index >= 15 is 0 Å². The van der Waals surface area contributed by atoms with E-state index in [1.165, 1.54) is 30.2 Å². The Morgan fingerprint density at radius 1 is 1.20 bits per heavy atom. The van der Waals surface area contributed by atoms with Crippen molar-refractivity contribution in [2.75, 3.05) is 33.4 Å². The molecule has 0 bridgehead atoms. The number of nitrogens with zero attached hydrogens (tertiary/aromatic N) is 3. The zero-order chi connectivity index (χ0) is 26.2. The fraction of sp³-hybridized carbons (Fsp3) is 0.480. The number of ether oxygens (including phenoxy) is 3. The number of carbonyl (C=O) groups is 4. The van der Waals surface area contributed by atoms with Crippen LogP contribution in [0.4, 0.5) is 4.79 Å². The van der Waals surface area contributed by atoms with Gasteiger partial charge in [-0.25, -0.2) is 4.79 Å². The normalized spacial score (nSPS) is 18.2. The Balaban J connectivity index is 2.55. The number of hydrogen-bond acceptors (Lipinski definition) is 8. The highest BCUT2D eigenvalue weighted by Gasteiger charge is 2.54. The molecule has 0 radical (unpaired) electrons. The lowest BCUT2D eigenvalue weighted by Gasteiger charge is -2.33. The topological polar surface area (TPSA) is 126 Å². The van der Waals surface area contributed by atoms with Gasteiger partial charge < -0.3 is 19.1 Å². The minimum Gasteiger partial charge on any atom is -0.497 e. The van der Waals surface area contributed by atoms with Crippen molar-refractivity contribution >= 4 is 23.9 Å². The van der Waals surface area contributed by atoms with Crippen molar-refractivity contribution in [3.05, 3.63) is 42.5 Å². The van der Waals surface area contributed by atoms with Crippen molar-refractivity contribution in [3.63, 3.8) is 0 Å². The second-order valence-corrected chi connectivity index (χ2v) is 9.02. The van der Waals surface area contributed by atoms with E-state index in [1.807, 2.05) is 6.07 Å². The van der Waals surface area contributed by atoms with E-state index in [4.69, 9.17) is 14.2 Å². The monoisotopic (exact) mass is 485 g/mol. The summed E-state index contributed by atoms with van der Waals surface area (Å²) >= 11 is 0. The van der Waals surface area contributed by atoms with E-state index in [0.29, 0.717) is 5.75 Å². The van der Waals surface area contributed by atoms with Crippen LogP contribution in [0, 0.1) is 16.7 Å². The number of rotatable bonds is 7. The first-order valence-corrected chi connectivity index (χ1v) is 11.1. The Morgan fingerprint density at radius 3 is 2.40 bits per heavy atom. The molecule has 1 aromatic rings. The molecule has 1 fully saturated rings. The van der Waals surface area contributed by atoms with Gasteiger partial charge in [-0.05, 0) is 51.5 Å². The number of hydrogen-bond donors (Lipinski definition) is 0. The van der Waals surface area contributed by atoms with Crippen molar-refractivity contribution in [1.29, 1.82) is 5.26 Å². The summed E-state index contributed by atoms with van der Waals surface area (Å²) in [4.78, 5) is 55.5. The summed E-state index contributed by atoms with van der Waals surface area (Å²) in [5.41, 5.74) is -2.61. The van der Waals surface area contributed by atoms with Crippen LogP contribution in [0.5, 0.6) is 5.75 Å². The van der Waals surface area contributed by atoms with E-state index in [1.54, 1.807) is 32.9 Å². The van der Waals surface area contributed by atoms with Crippen LogP contribution >= 0.6 is 0 Å². The molecule has 1 atom stereocenters. The molecule has 1 heterocycles. The number of amides is 3. The molecule has 1 aromatic carbocycles. The van der Waals surface area contributed by atoms with Gasteiger partial charge in [-0.2, -0.15) is 5.26 Å². The molecule has 0 aliphatic carbocycles. The Morgan fingerprint density at radius 2 is 1.86 bits per heavy atom. The Hall–Kier alpha value is -3.87. The van der Waals surface area contributed by atoms with Crippen LogP contribution in [0.3, 0.4) is 0 Å². The van der Waals surface area contributed by atoms with Crippen LogP contribution in [0.2, 0.25) is 0 Å². The number of nitriles is 1. The smallest absolute Gasteiger partial charge is 0.410 e. The van der Waals surface area contributed by atoms with Gasteiger partial charge in [0.25, 0.3) is 5.91 Å². The van der Waals surface area contributed by atoms with Crippen molar-refractivity contribution in [2.45, 2.75) is 39.2 Å². The van der Waals surface area contributed by atoms with Gasteiger partial charge >= 0.3 is 12.1 Å². The summed E-state index contributed by atoms with van der Waals surface area (Å²) in [5, 5.41) is 9.23. The molecule has 2 rings (SSSR count). The van der Waals surface area contributed by atoms with Crippen LogP contribution in [0.15, 0.2) is 36.9 Å². The standard InChI is InChI=1S/C25H31N3O7/c1-6-16-34-22(31)25(12-7-13-26)17-27(23(32)35-24(2,3)4)14-15-28(21(25)30)20(29)18-8-10-19(33-5)11-9-18/h6,8-11H,1,7,12,14-17H2,2-5H3. The van der Waals surface area contributed by atoms with Crippen LogP contribution in [0.25, 0.3) is 0 Å². The number of methoxy groups -OCH3 is 1. The summed E-state index contributed by atoms with van der Waals surface area (Å²) < 4.78 is 15.8. The lowest BCUT2D eigenvalue weighted by atomic mass is 9.81. The average molecular weight is 486 g/mol. The molecule has 35 heavy (non-hydrogen) atoms. The summed E-state index contributed by atoms with van der Waals surface area (Å²) in [6.45, 7) is 7.76. The summed E-state index contributed by atoms with van der Waals surface area (Å²) in [6, 6.07) is 8.07. The number of imide groups is 1. The zero-order valence-corrected chi connectivity index (χ0v) is 20.5. The summed E-state index contributed by atoms with van der Waals surface area (Å²) in [7, 11) is 1.48. The molecular weight excluding hydrogens is 454 g/mol. The number of esters is 1. The second-order valence-electron chi connectivity index (χ2n) is 9.02. The molecule has 0 aromatic heterocycles. The number of benzene rings is 1. The lowest BCUT2D eigenvalue weighted by Crippen LogP contribution is -2.54. The van der Waals surface area contributed by atoms with Crippen LogP contribution in [0.1, 0.15) is 44.0 Å². The fourth-order valence-corrected chi connectivity index (χ4v) is 3.60. The van der Waals surface area contributed by atoms with Gasteiger partial charge in [-0.1, -0.05) is 12.7 Å². The quantitative estimate of drug-likeness (QED) is 0.250. The van der Waals surface area contributed by atoms with Crippen molar-refractivity contribution < 1.29 is 33.4 Å². The van der Waals surface area contributed by atoms with Crippen LogP contribution in [-0.2, 0) is 19.1 Å². The highest BCUT2D eigenvalue weighted by Crippen LogP contribution is 2.34. The number of carbonyl (C=O) groups excluding carboxylic acids is 4. The highest BCUT2D eigenvalue weighted by atomic mass is 16.6.